The molecular formula is C16H25O9P. The topological polar surface area (TPSA) is 114 Å². The summed E-state index contributed by atoms with van der Waals surface area (Å²) in [5, 5.41) is 0. The molecule has 0 amide bonds. The zero-order valence-corrected chi connectivity index (χ0v) is 16.1. The van der Waals surface area contributed by atoms with E-state index in [1.165, 1.54) is 6.92 Å². The van der Waals surface area contributed by atoms with E-state index in [9.17, 15) is 18.9 Å². The fourth-order valence-electron chi connectivity index (χ4n) is 1.51. The number of phosphoric acid groups is 1. The van der Waals surface area contributed by atoms with E-state index in [4.69, 9.17) is 23.0 Å². The number of aldehydes is 1. The maximum absolute atomic E-state index is 12.5. The molecule has 0 aliphatic heterocycles. The van der Waals surface area contributed by atoms with Gasteiger partial charge in [0, 0.05) is 18.1 Å². The number of esters is 2. The Morgan fingerprint density at radius 1 is 1.15 bits per heavy atom. The summed E-state index contributed by atoms with van der Waals surface area (Å²) in [6, 6.07) is 0. The molecule has 0 aromatic carbocycles. The number of hydrogen-bond acceptors (Lipinski definition) is 9. The summed E-state index contributed by atoms with van der Waals surface area (Å²) in [6.45, 7) is 7.94. The Morgan fingerprint density at radius 3 is 2.27 bits per heavy atom. The minimum Gasteiger partial charge on any atom is -0.462 e. The van der Waals surface area contributed by atoms with Crippen LogP contribution in [0.1, 0.15) is 27.2 Å². The first-order valence-electron chi connectivity index (χ1n) is 7.96. The summed E-state index contributed by atoms with van der Waals surface area (Å²) in [7, 11) is -3.86. The molecule has 0 aliphatic rings. The Morgan fingerprint density at radius 2 is 1.77 bits per heavy atom. The van der Waals surface area contributed by atoms with Crippen molar-refractivity contribution in [3.05, 3.63) is 24.3 Å². The minimum absolute atomic E-state index is 0.0633. The van der Waals surface area contributed by atoms with Gasteiger partial charge >= 0.3 is 19.8 Å². The quantitative estimate of drug-likeness (QED) is 0.190. The maximum Gasteiger partial charge on any atom is 0.475 e. The van der Waals surface area contributed by atoms with Crippen LogP contribution in [0.25, 0.3) is 0 Å². The van der Waals surface area contributed by atoms with E-state index < -0.39 is 25.9 Å². The molecule has 0 N–H and O–H groups in total. The van der Waals surface area contributed by atoms with E-state index >= 15 is 0 Å². The number of allylic oxidation sites excluding steroid dienone is 1. The summed E-state index contributed by atoms with van der Waals surface area (Å²) in [6.07, 6.45) is 1.46. The molecule has 10 heteroatoms. The molecule has 0 aromatic heterocycles. The van der Waals surface area contributed by atoms with Gasteiger partial charge in [-0.25, -0.2) is 14.2 Å². The van der Waals surface area contributed by atoms with Crippen molar-refractivity contribution in [3.63, 3.8) is 0 Å². The molecule has 0 bridgehead atoms. The average molecular weight is 392 g/mol. The first-order chi connectivity index (χ1) is 12.3. The third-order valence-electron chi connectivity index (χ3n) is 2.60. The molecular weight excluding hydrogens is 367 g/mol. The SMILES string of the molecule is C=C(C)C(=O)OCCC(COC(=O)C=CC=O)OP(=O)(OCC)OCC. The van der Waals surface area contributed by atoms with E-state index in [1.807, 2.05) is 0 Å². The highest BCUT2D eigenvalue weighted by Gasteiger charge is 2.30. The van der Waals surface area contributed by atoms with Crippen LogP contribution in [0.5, 0.6) is 0 Å². The second kappa shape index (κ2) is 13.4. The van der Waals surface area contributed by atoms with Crippen molar-refractivity contribution in [2.24, 2.45) is 0 Å². The van der Waals surface area contributed by atoms with E-state index in [0.717, 1.165) is 12.2 Å². The van der Waals surface area contributed by atoms with E-state index in [0.29, 0.717) is 6.29 Å². The molecule has 0 saturated carbocycles. The van der Waals surface area contributed by atoms with Crippen LogP contribution in [-0.2, 0) is 42.0 Å². The van der Waals surface area contributed by atoms with Crippen LogP contribution in [0.2, 0.25) is 0 Å². The Bertz CT molecular complexity index is 546. The molecule has 148 valence electrons. The van der Waals surface area contributed by atoms with Gasteiger partial charge in [-0.05, 0) is 26.8 Å². The molecule has 1 unspecified atom stereocenters. The highest BCUT2D eigenvalue weighted by molar-refractivity contribution is 7.48. The van der Waals surface area contributed by atoms with Crippen LogP contribution in [0.15, 0.2) is 24.3 Å². The van der Waals surface area contributed by atoms with Crippen molar-refractivity contribution in [2.45, 2.75) is 33.3 Å². The molecule has 0 rings (SSSR count). The van der Waals surface area contributed by atoms with Gasteiger partial charge < -0.3 is 9.47 Å². The van der Waals surface area contributed by atoms with Gasteiger partial charge in [0.05, 0.1) is 19.8 Å². The van der Waals surface area contributed by atoms with Crippen LogP contribution in [0, 0.1) is 0 Å². The lowest BCUT2D eigenvalue weighted by Crippen LogP contribution is -2.24. The smallest absolute Gasteiger partial charge is 0.462 e. The molecule has 0 spiro atoms. The van der Waals surface area contributed by atoms with Crippen molar-refractivity contribution in [1.82, 2.24) is 0 Å². The van der Waals surface area contributed by atoms with Gasteiger partial charge in [-0.1, -0.05) is 6.58 Å². The van der Waals surface area contributed by atoms with Crippen molar-refractivity contribution in [3.8, 4) is 0 Å². The monoisotopic (exact) mass is 392 g/mol. The summed E-state index contributed by atoms with van der Waals surface area (Å²) in [5.74, 6) is -1.38. The molecule has 0 radical (unpaired) electrons. The van der Waals surface area contributed by atoms with E-state index in [-0.39, 0.29) is 38.4 Å². The second-order valence-corrected chi connectivity index (χ2v) is 6.46. The molecule has 0 fully saturated rings. The molecule has 0 aromatic rings. The normalized spacial score (nSPS) is 12.6. The number of carbonyl (C=O) groups excluding carboxylic acids is 3. The third-order valence-corrected chi connectivity index (χ3v) is 4.30. The summed E-state index contributed by atoms with van der Waals surface area (Å²) in [5.41, 5.74) is 0.224. The van der Waals surface area contributed by atoms with E-state index in [2.05, 4.69) is 6.58 Å². The van der Waals surface area contributed by atoms with Gasteiger partial charge in [-0.3, -0.25) is 18.4 Å². The van der Waals surface area contributed by atoms with E-state index in [1.54, 1.807) is 13.8 Å². The van der Waals surface area contributed by atoms with Crippen molar-refractivity contribution in [1.29, 1.82) is 0 Å². The largest absolute Gasteiger partial charge is 0.475 e. The van der Waals surface area contributed by atoms with Crippen LogP contribution in [0.4, 0.5) is 0 Å². The average Bonchev–Trinajstić information content (AvgIpc) is 2.57. The second-order valence-electron chi connectivity index (χ2n) is 4.84. The summed E-state index contributed by atoms with van der Waals surface area (Å²) >= 11 is 0. The molecule has 0 heterocycles. The van der Waals surface area contributed by atoms with Gasteiger partial charge in [-0.15, -0.1) is 0 Å². The lowest BCUT2D eigenvalue weighted by atomic mass is 10.3. The highest BCUT2D eigenvalue weighted by atomic mass is 31.2. The molecule has 26 heavy (non-hydrogen) atoms. The number of ether oxygens (including phenoxy) is 2. The Kier molecular flexibility index (Phi) is 12.5. The number of hydrogen-bond donors (Lipinski definition) is 0. The number of phosphoric ester groups is 1. The van der Waals surface area contributed by atoms with Gasteiger partial charge in [0.25, 0.3) is 0 Å². The number of rotatable bonds is 14. The molecule has 1 atom stereocenters. The predicted molar refractivity (Wildman–Crippen MR) is 92.3 cm³/mol. The van der Waals surface area contributed by atoms with Crippen LogP contribution >= 0.6 is 7.82 Å². The summed E-state index contributed by atoms with van der Waals surface area (Å²) in [4.78, 5) is 33.0. The Balaban J connectivity index is 4.89. The van der Waals surface area contributed by atoms with Gasteiger partial charge in [0.1, 0.15) is 19.0 Å². The maximum atomic E-state index is 12.5. The first-order valence-corrected chi connectivity index (χ1v) is 9.42. The van der Waals surface area contributed by atoms with Gasteiger partial charge in [0.2, 0.25) is 0 Å². The number of carbonyl (C=O) groups is 3. The summed E-state index contributed by atoms with van der Waals surface area (Å²) < 4.78 is 37.7. The predicted octanol–water partition coefficient (Wildman–Crippen LogP) is 2.36. The zero-order valence-electron chi connectivity index (χ0n) is 15.2. The van der Waals surface area contributed by atoms with Crippen LogP contribution in [-0.4, -0.2) is 50.8 Å². The van der Waals surface area contributed by atoms with Crippen molar-refractivity contribution >= 4 is 26.0 Å². The molecule has 0 aliphatic carbocycles. The third kappa shape index (κ3) is 10.9. The highest BCUT2D eigenvalue weighted by Crippen LogP contribution is 2.50. The van der Waals surface area contributed by atoms with Gasteiger partial charge in [0.15, 0.2) is 0 Å². The molecule has 0 saturated heterocycles. The first kappa shape index (κ1) is 24.2. The van der Waals surface area contributed by atoms with Crippen molar-refractivity contribution < 1.29 is 42.0 Å². The van der Waals surface area contributed by atoms with Crippen LogP contribution < -0.4 is 0 Å². The Labute approximate surface area is 152 Å². The molecule has 9 nitrogen and oxygen atoms in total. The van der Waals surface area contributed by atoms with Crippen molar-refractivity contribution in [2.75, 3.05) is 26.4 Å². The standard InChI is InChI=1S/C16H25O9P/c1-5-23-26(20,24-6-2)25-14(9-11-21-16(19)13(3)4)12-22-15(18)8-7-10-17/h7-8,10,14H,3,5-6,9,11-12H2,1-2,4H3. The Hall–Kier alpha value is -1.80. The lowest BCUT2D eigenvalue weighted by molar-refractivity contribution is -0.143. The zero-order chi connectivity index (χ0) is 20.0. The fourth-order valence-corrected chi connectivity index (χ4v) is 2.87. The minimum atomic E-state index is -3.86. The van der Waals surface area contributed by atoms with Gasteiger partial charge in [-0.2, -0.15) is 0 Å². The lowest BCUT2D eigenvalue weighted by Gasteiger charge is -2.23. The fraction of sp³-hybridized carbons (Fsp3) is 0.562. The van der Waals surface area contributed by atoms with Crippen LogP contribution in [0.3, 0.4) is 0 Å².